The number of ether oxygens (including phenoxy) is 1. The minimum Gasteiger partial charge on any atom is -0.466 e. The Balaban J connectivity index is 1.74. The van der Waals surface area contributed by atoms with Crippen LogP contribution in [0.2, 0.25) is 0 Å². The van der Waals surface area contributed by atoms with E-state index in [2.05, 4.69) is 19.2 Å². The van der Waals surface area contributed by atoms with Crippen molar-refractivity contribution in [1.29, 1.82) is 0 Å². The summed E-state index contributed by atoms with van der Waals surface area (Å²) in [4.78, 5) is 38.0. The van der Waals surface area contributed by atoms with Crippen LogP contribution in [0.1, 0.15) is 80.3 Å². The van der Waals surface area contributed by atoms with E-state index in [0.717, 1.165) is 19.5 Å². The van der Waals surface area contributed by atoms with E-state index in [1.165, 1.54) is 4.90 Å². The van der Waals surface area contributed by atoms with Crippen LogP contribution >= 0.6 is 0 Å². The van der Waals surface area contributed by atoms with E-state index in [1.54, 1.807) is 12.1 Å². The van der Waals surface area contributed by atoms with Gasteiger partial charge in [0.15, 0.2) is 0 Å². The van der Waals surface area contributed by atoms with E-state index in [4.69, 9.17) is 10.5 Å². The molecule has 2 aliphatic rings. The van der Waals surface area contributed by atoms with Crippen LogP contribution in [0.25, 0.3) is 0 Å². The van der Waals surface area contributed by atoms with Crippen molar-refractivity contribution < 1.29 is 23.5 Å². The van der Waals surface area contributed by atoms with Crippen molar-refractivity contribution in [1.82, 2.24) is 10.2 Å². The summed E-state index contributed by atoms with van der Waals surface area (Å²) < 4.78 is 20.7. The fourth-order valence-corrected chi connectivity index (χ4v) is 4.85. The molecule has 1 aromatic carbocycles. The minimum atomic E-state index is -0.877. The molecule has 2 amide bonds. The summed E-state index contributed by atoms with van der Waals surface area (Å²) in [5.74, 6) is -1.63. The number of primary amides is 1. The van der Waals surface area contributed by atoms with Gasteiger partial charge >= 0.3 is 5.97 Å². The molecule has 1 unspecified atom stereocenters. The normalized spacial score (nSPS) is 20.7. The fourth-order valence-electron chi connectivity index (χ4n) is 4.85. The summed E-state index contributed by atoms with van der Waals surface area (Å²) in [5, 5.41) is 3.36. The van der Waals surface area contributed by atoms with E-state index in [1.807, 2.05) is 6.92 Å². The number of fused-ring (bicyclic) bond motifs is 1. The van der Waals surface area contributed by atoms with Gasteiger partial charge in [-0.1, -0.05) is 26.8 Å². The molecule has 0 bridgehead atoms. The number of rotatable bonds is 9. The number of hydrogen-bond donors (Lipinski definition) is 2. The van der Waals surface area contributed by atoms with Crippen molar-refractivity contribution in [2.75, 3.05) is 19.7 Å². The summed E-state index contributed by atoms with van der Waals surface area (Å²) in [6.45, 7) is 7.91. The van der Waals surface area contributed by atoms with Gasteiger partial charge in [-0.05, 0) is 55.2 Å². The highest BCUT2D eigenvalue weighted by Crippen LogP contribution is 2.42. The SMILES string of the molecule is CCCC(=O)OCCC[C@@H](C(N)=O)N1Cc2c(ccc(C3CCNCC3(C)C)c2F)C1=O. The maximum Gasteiger partial charge on any atom is 0.305 e. The first-order valence-electron chi connectivity index (χ1n) is 11.4. The zero-order chi connectivity index (χ0) is 23.5. The second kappa shape index (κ2) is 9.98. The standard InChI is InChI=1S/C24H34FN3O4/c1-4-6-20(29)32-12-5-7-19(22(26)30)28-13-17-15(23(28)31)8-9-16(21(17)25)18-10-11-27-14-24(18,2)3/h8-9,18-19,27H,4-7,10-14H2,1-3H3,(H2,26,30)/t18?,19-/m0/s1. The number of carbonyl (C=O) groups is 3. The van der Waals surface area contributed by atoms with Crippen molar-refractivity contribution in [2.45, 2.75) is 71.4 Å². The van der Waals surface area contributed by atoms with Crippen LogP contribution in [0.4, 0.5) is 4.39 Å². The molecule has 0 spiro atoms. The van der Waals surface area contributed by atoms with E-state index >= 15 is 4.39 Å². The van der Waals surface area contributed by atoms with Gasteiger partial charge in [0, 0.05) is 24.1 Å². The number of piperidine rings is 1. The maximum atomic E-state index is 15.6. The molecule has 7 nitrogen and oxygen atoms in total. The van der Waals surface area contributed by atoms with Crippen molar-refractivity contribution in [3.63, 3.8) is 0 Å². The highest BCUT2D eigenvalue weighted by atomic mass is 19.1. The maximum absolute atomic E-state index is 15.6. The number of benzene rings is 1. The first-order chi connectivity index (χ1) is 15.2. The molecule has 0 radical (unpaired) electrons. The molecule has 8 heteroatoms. The number of esters is 1. The number of amides is 2. The summed E-state index contributed by atoms with van der Waals surface area (Å²) >= 11 is 0. The zero-order valence-electron chi connectivity index (χ0n) is 19.2. The van der Waals surface area contributed by atoms with Gasteiger partial charge in [-0.15, -0.1) is 0 Å². The number of carbonyl (C=O) groups excluding carboxylic acids is 3. The molecule has 1 saturated heterocycles. The molecule has 1 fully saturated rings. The molecule has 2 heterocycles. The Hall–Kier alpha value is -2.48. The highest BCUT2D eigenvalue weighted by molar-refractivity contribution is 6.01. The predicted octanol–water partition coefficient (Wildman–Crippen LogP) is 2.86. The van der Waals surface area contributed by atoms with E-state index in [9.17, 15) is 14.4 Å². The Labute approximate surface area is 188 Å². The van der Waals surface area contributed by atoms with Crippen molar-refractivity contribution >= 4 is 17.8 Å². The van der Waals surface area contributed by atoms with Gasteiger partial charge in [0.1, 0.15) is 11.9 Å². The molecule has 2 atom stereocenters. The molecule has 0 aliphatic carbocycles. The smallest absolute Gasteiger partial charge is 0.305 e. The summed E-state index contributed by atoms with van der Waals surface area (Å²) in [6.07, 6.45) is 2.51. The van der Waals surface area contributed by atoms with Gasteiger partial charge in [-0.2, -0.15) is 0 Å². The lowest BCUT2D eigenvalue weighted by Gasteiger charge is -2.39. The topological polar surface area (TPSA) is 102 Å². The monoisotopic (exact) mass is 447 g/mol. The summed E-state index contributed by atoms with van der Waals surface area (Å²) in [6, 6.07) is 2.52. The average Bonchev–Trinajstić information content (AvgIpc) is 3.05. The molecule has 0 saturated carbocycles. The average molecular weight is 448 g/mol. The Bertz CT molecular complexity index is 886. The summed E-state index contributed by atoms with van der Waals surface area (Å²) in [7, 11) is 0. The molecule has 3 rings (SSSR count). The van der Waals surface area contributed by atoms with Crippen molar-refractivity contribution in [2.24, 2.45) is 11.1 Å². The van der Waals surface area contributed by atoms with Crippen LogP contribution in [0, 0.1) is 11.2 Å². The molecule has 32 heavy (non-hydrogen) atoms. The largest absolute Gasteiger partial charge is 0.466 e. The van der Waals surface area contributed by atoms with Crippen molar-refractivity contribution in [3.05, 3.63) is 34.6 Å². The van der Waals surface area contributed by atoms with Crippen LogP contribution in [-0.2, 0) is 20.9 Å². The molecule has 0 aromatic heterocycles. The second-order valence-corrected chi connectivity index (χ2v) is 9.47. The lowest BCUT2D eigenvalue weighted by molar-refractivity contribution is -0.143. The Kier molecular flexibility index (Phi) is 7.54. The molecule has 1 aromatic rings. The van der Waals surface area contributed by atoms with Gasteiger partial charge in [-0.3, -0.25) is 14.4 Å². The van der Waals surface area contributed by atoms with Gasteiger partial charge in [-0.25, -0.2) is 4.39 Å². The molecule has 176 valence electrons. The second-order valence-electron chi connectivity index (χ2n) is 9.47. The molecular formula is C24H34FN3O4. The number of halogens is 1. The van der Waals surface area contributed by atoms with Crippen LogP contribution in [0.3, 0.4) is 0 Å². The Morgan fingerprint density at radius 3 is 2.78 bits per heavy atom. The molecular weight excluding hydrogens is 413 g/mol. The van der Waals surface area contributed by atoms with Gasteiger partial charge in [0.25, 0.3) is 5.91 Å². The number of nitrogens with two attached hydrogens (primary N) is 1. The third kappa shape index (κ3) is 4.95. The zero-order valence-corrected chi connectivity index (χ0v) is 19.2. The van der Waals surface area contributed by atoms with E-state index < -0.39 is 11.9 Å². The van der Waals surface area contributed by atoms with Crippen LogP contribution in [-0.4, -0.2) is 48.4 Å². The van der Waals surface area contributed by atoms with Crippen molar-refractivity contribution in [3.8, 4) is 0 Å². The van der Waals surface area contributed by atoms with Gasteiger partial charge < -0.3 is 20.7 Å². The Morgan fingerprint density at radius 2 is 2.12 bits per heavy atom. The number of nitrogens with zero attached hydrogens (tertiary/aromatic N) is 1. The minimum absolute atomic E-state index is 0.0163. The third-order valence-electron chi connectivity index (χ3n) is 6.65. The first kappa shape index (κ1) is 24.2. The third-order valence-corrected chi connectivity index (χ3v) is 6.65. The fraction of sp³-hybridized carbons (Fsp3) is 0.625. The van der Waals surface area contributed by atoms with E-state index in [0.29, 0.717) is 36.0 Å². The Morgan fingerprint density at radius 1 is 1.38 bits per heavy atom. The van der Waals surface area contributed by atoms with Gasteiger partial charge in [0.05, 0.1) is 13.2 Å². The van der Waals surface area contributed by atoms with Crippen LogP contribution in [0.5, 0.6) is 0 Å². The van der Waals surface area contributed by atoms with Gasteiger partial charge in [0.2, 0.25) is 5.91 Å². The quantitative estimate of drug-likeness (QED) is 0.448. The lowest BCUT2D eigenvalue weighted by Crippen LogP contribution is -2.45. The molecule has 3 N–H and O–H groups in total. The number of nitrogens with one attached hydrogen (secondary N) is 1. The summed E-state index contributed by atoms with van der Waals surface area (Å²) in [5.41, 5.74) is 6.73. The predicted molar refractivity (Wildman–Crippen MR) is 118 cm³/mol. The lowest BCUT2D eigenvalue weighted by atomic mass is 9.70. The van der Waals surface area contributed by atoms with Crippen LogP contribution < -0.4 is 11.1 Å². The highest BCUT2D eigenvalue weighted by Gasteiger charge is 2.40. The molecule has 2 aliphatic heterocycles. The first-order valence-corrected chi connectivity index (χ1v) is 11.4. The van der Waals surface area contributed by atoms with Crippen LogP contribution in [0.15, 0.2) is 12.1 Å². The number of hydrogen-bond acceptors (Lipinski definition) is 5. The van der Waals surface area contributed by atoms with E-state index in [-0.39, 0.29) is 48.6 Å².